The summed E-state index contributed by atoms with van der Waals surface area (Å²) in [5.74, 6) is 1.89. The van der Waals surface area contributed by atoms with Gasteiger partial charge in [-0.2, -0.15) is 5.26 Å². The van der Waals surface area contributed by atoms with Gasteiger partial charge in [0.1, 0.15) is 11.0 Å². The Labute approximate surface area is 183 Å². The van der Waals surface area contributed by atoms with Crippen molar-refractivity contribution in [3.63, 3.8) is 0 Å². The van der Waals surface area contributed by atoms with Gasteiger partial charge in [0.2, 0.25) is 11.7 Å². The highest BCUT2D eigenvalue weighted by Crippen LogP contribution is 2.39. The molecule has 1 amide bonds. The van der Waals surface area contributed by atoms with Crippen molar-refractivity contribution in [2.75, 3.05) is 27.1 Å². The van der Waals surface area contributed by atoms with Gasteiger partial charge in [-0.05, 0) is 29.8 Å². The van der Waals surface area contributed by atoms with Gasteiger partial charge in [0, 0.05) is 5.75 Å². The monoisotopic (exact) mass is 443 g/mol. The molecule has 0 spiro atoms. The summed E-state index contributed by atoms with van der Waals surface area (Å²) >= 11 is 3.08. The number of nitriles is 1. The van der Waals surface area contributed by atoms with E-state index in [1.807, 2.05) is 24.3 Å². The minimum absolute atomic E-state index is 0.221. The van der Waals surface area contributed by atoms with E-state index in [4.69, 9.17) is 14.2 Å². The van der Waals surface area contributed by atoms with E-state index in [1.54, 1.807) is 23.5 Å². The van der Waals surface area contributed by atoms with Gasteiger partial charge in [-0.1, -0.05) is 12.1 Å². The summed E-state index contributed by atoms with van der Waals surface area (Å²) < 4.78 is 17.1. The molecule has 1 heterocycles. The molecule has 1 N–H and O–H groups in total. The summed E-state index contributed by atoms with van der Waals surface area (Å²) in [5.41, 5.74) is 1.52. The van der Waals surface area contributed by atoms with E-state index < -0.39 is 6.04 Å². The number of rotatable bonds is 9. The Morgan fingerprint density at radius 2 is 1.90 bits per heavy atom. The molecule has 7 nitrogen and oxygen atoms in total. The standard InChI is InChI=1S/C21H21N3O4S2/c1-26-16-8-13(9-17(27-2)21(16)28-3)15(10-22)23-19(25)11-29-12-20-24-14-6-4-5-7-18(14)30-20/h4-9,15H,11-12H2,1-3H3,(H,23,25). The van der Waals surface area contributed by atoms with Crippen molar-refractivity contribution in [3.8, 4) is 23.3 Å². The summed E-state index contributed by atoms with van der Waals surface area (Å²) in [4.78, 5) is 17.0. The van der Waals surface area contributed by atoms with Gasteiger partial charge >= 0.3 is 0 Å². The van der Waals surface area contributed by atoms with Crippen LogP contribution in [0.3, 0.4) is 0 Å². The Balaban J connectivity index is 1.62. The van der Waals surface area contributed by atoms with Crippen molar-refractivity contribution >= 4 is 39.2 Å². The molecule has 1 atom stereocenters. The molecule has 9 heteroatoms. The number of amides is 1. The Hall–Kier alpha value is -2.96. The SMILES string of the molecule is COc1cc(C(C#N)NC(=O)CSCc2nc3ccccc3s2)cc(OC)c1OC. The second-order valence-corrected chi connectivity index (χ2v) is 8.26. The third-order valence-corrected chi connectivity index (χ3v) is 6.41. The lowest BCUT2D eigenvalue weighted by atomic mass is 10.1. The molecule has 0 fully saturated rings. The van der Waals surface area contributed by atoms with Crippen LogP contribution in [0.15, 0.2) is 36.4 Å². The van der Waals surface area contributed by atoms with Gasteiger partial charge in [-0.15, -0.1) is 23.1 Å². The minimum Gasteiger partial charge on any atom is -0.493 e. The van der Waals surface area contributed by atoms with Gasteiger partial charge in [0.15, 0.2) is 11.5 Å². The van der Waals surface area contributed by atoms with E-state index in [0.29, 0.717) is 28.6 Å². The zero-order valence-electron chi connectivity index (χ0n) is 16.8. The molecular formula is C21H21N3O4S2. The molecular weight excluding hydrogens is 422 g/mol. The van der Waals surface area contributed by atoms with Crippen LogP contribution in [-0.2, 0) is 10.5 Å². The first kappa shape index (κ1) is 21.7. The summed E-state index contributed by atoms with van der Waals surface area (Å²) in [7, 11) is 4.51. The maximum absolute atomic E-state index is 12.4. The first-order chi connectivity index (χ1) is 14.6. The van der Waals surface area contributed by atoms with Gasteiger partial charge in [0.25, 0.3) is 0 Å². The molecule has 156 valence electrons. The number of hydrogen-bond acceptors (Lipinski definition) is 8. The van der Waals surface area contributed by atoms with E-state index in [9.17, 15) is 10.1 Å². The number of nitrogens with zero attached hydrogens (tertiary/aromatic N) is 2. The zero-order valence-corrected chi connectivity index (χ0v) is 18.4. The topological polar surface area (TPSA) is 93.5 Å². The average molecular weight is 444 g/mol. The van der Waals surface area contributed by atoms with Crippen LogP contribution >= 0.6 is 23.1 Å². The summed E-state index contributed by atoms with van der Waals surface area (Å²) in [6.07, 6.45) is 0. The smallest absolute Gasteiger partial charge is 0.231 e. The number of carbonyl (C=O) groups excluding carboxylic acids is 1. The van der Waals surface area contributed by atoms with Crippen molar-refractivity contribution in [2.45, 2.75) is 11.8 Å². The highest BCUT2D eigenvalue weighted by Gasteiger charge is 2.20. The van der Waals surface area contributed by atoms with Crippen LogP contribution < -0.4 is 19.5 Å². The van der Waals surface area contributed by atoms with Crippen molar-refractivity contribution in [1.29, 1.82) is 5.26 Å². The molecule has 0 saturated carbocycles. The summed E-state index contributed by atoms with van der Waals surface area (Å²) in [6, 6.07) is 12.5. The third-order valence-electron chi connectivity index (χ3n) is 4.25. The maximum atomic E-state index is 12.4. The number of para-hydroxylation sites is 1. The minimum atomic E-state index is -0.839. The van der Waals surface area contributed by atoms with E-state index in [1.165, 1.54) is 33.1 Å². The lowest BCUT2D eigenvalue weighted by Crippen LogP contribution is -2.29. The van der Waals surface area contributed by atoms with E-state index in [2.05, 4.69) is 16.4 Å². The molecule has 30 heavy (non-hydrogen) atoms. The third kappa shape index (κ3) is 4.96. The lowest BCUT2D eigenvalue weighted by Gasteiger charge is -2.17. The zero-order chi connectivity index (χ0) is 21.5. The fraction of sp³-hybridized carbons (Fsp3) is 0.286. The fourth-order valence-corrected chi connectivity index (χ4v) is 4.73. The second kappa shape index (κ2) is 10.2. The fourth-order valence-electron chi connectivity index (χ4n) is 2.87. The normalized spacial score (nSPS) is 11.5. The van der Waals surface area contributed by atoms with Crippen molar-refractivity contribution in [3.05, 3.63) is 47.0 Å². The molecule has 3 aromatic rings. The molecule has 1 aromatic heterocycles. The molecule has 0 radical (unpaired) electrons. The predicted octanol–water partition coefficient (Wildman–Crippen LogP) is 3.94. The Kier molecular flexibility index (Phi) is 7.38. The summed E-state index contributed by atoms with van der Waals surface area (Å²) in [5, 5.41) is 13.3. The van der Waals surface area contributed by atoms with Crippen LogP contribution in [0.25, 0.3) is 10.2 Å². The molecule has 0 aliphatic carbocycles. The predicted molar refractivity (Wildman–Crippen MR) is 118 cm³/mol. The van der Waals surface area contributed by atoms with Crippen molar-refractivity contribution in [2.24, 2.45) is 0 Å². The first-order valence-electron chi connectivity index (χ1n) is 9.00. The van der Waals surface area contributed by atoms with E-state index in [-0.39, 0.29) is 11.7 Å². The Bertz CT molecular complexity index is 1020. The van der Waals surface area contributed by atoms with Gasteiger partial charge in [0.05, 0.1) is 43.4 Å². The molecule has 3 rings (SSSR count). The van der Waals surface area contributed by atoms with Crippen LogP contribution in [0.2, 0.25) is 0 Å². The van der Waals surface area contributed by atoms with Crippen LogP contribution in [0.1, 0.15) is 16.6 Å². The van der Waals surface area contributed by atoms with Crippen LogP contribution in [0.4, 0.5) is 0 Å². The lowest BCUT2D eigenvalue weighted by molar-refractivity contribution is -0.118. The molecule has 1 unspecified atom stereocenters. The van der Waals surface area contributed by atoms with Crippen LogP contribution in [-0.4, -0.2) is 38.0 Å². The highest BCUT2D eigenvalue weighted by molar-refractivity contribution is 7.99. The molecule has 0 aliphatic heterocycles. The number of fused-ring (bicyclic) bond motifs is 1. The van der Waals surface area contributed by atoms with Gasteiger partial charge in [-0.25, -0.2) is 4.98 Å². The first-order valence-corrected chi connectivity index (χ1v) is 11.0. The van der Waals surface area contributed by atoms with Crippen molar-refractivity contribution < 1.29 is 19.0 Å². The summed E-state index contributed by atoms with van der Waals surface area (Å²) in [6.45, 7) is 0. The van der Waals surface area contributed by atoms with Crippen LogP contribution in [0, 0.1) is 11.3 Å². The number of hydrogen-bond donors (Lipinski definition) is 1. The number of aromatic nitrogens is 1. The molecule has 0 aliphatic rings. The van der Waals surface area contributed by atoms with E-state index >= 15 is 0 Å². The molecule has 2 aromatic carbocycles. The average Bonchev–Trinajstić information content (AvgIpc) is 3.19. The quantitative estimate of drug-likeness (QED) is 0.535. The number of thioether (sulfide) groups is 1. The molecule has 0 bridgehead atoms. The Morgan fingerprint density at radius 3 is 2.50 bits per heavy atom. The number of thiazole rings is 1. The maximum Gasteiger partial charge on any atom is 0.231 e. The number of ether oxygens (including phenoxy) is 3. The number of nitrogens with one attached hydrogen (secondary N) is 1. The number of methoxy groups -OCH3 is 3. The largest absolute Gasteiger partial charge is 0.493 e. The molecule has 0 saturated heterocycles. The second-order valence-electron chi connectivity index (χ2n) is 6.16. The Morgan fingerprint density at radius 1 is 1.20 bits per heavy atom. The highest BCUT2D eigenvalue weighted by atomic mass is 32.2. The number of benzene rings is 2. The van der Waals surface area contributed by atoms with E-state index in [0.717, 1.165) is 15.2 Å². The van der Waals surface area contributed by atoms with Crippen LogP contribution in [0.5, 0.6) is 17.2 Å². The van der Waals surface area contributed by atoms with Crippen molar-refractivity contribution in [1.82, 2.24) is 10.3 Å². The van der Waals surface area contributed by atoms with Gasteiger partial charge in [-0.3, -0.25) is 4.79 Å². The van der Waals surface area contributed by atoms with Gasteiger partial charge < -0.3 is 19.5 Å². The number of carbonyl (C=O) groups is 1.